The maximum absolute atomic E-state index is 5.80. The molecule has 0 bridgehead atoms. The summed E-state index contributed by atoms with van der Waals surface area (Å²) in [5, 5.41) is 0. The van der Waals surface area contributed by atoms with Crippen molar-refractivity contribution < 1.29 is 25.0 Å². The number of para-hydroxylation sites is 1. The molecule has 1 aromatic carbocycles. The predicted octanol–water partition coefficient (Wildman–Crippen LogP) is 2.84. The first-order valence-electron chi connectivity index (χ1n) is 4.20. The summed E-state index contributed by atoms with van der Waals surface area (Å²) in [5.41, 5.74) is 1.40. The third kappa shape index (κ3) is 1.95. The van der Waals surface area contributed by atoms with Crippen LogP contribution in [-0.4, -0.2) is 6.10 Å². The van der Waals surface area contributed by atoms with Crippen molar-refractivity contribution in [2.75, 3.05) is 0 Å². The van der Waals surface area contributed by atoms with Gasteiger partial charge in [0.1, 0.15) is 0 Å². The Morgan fingerprint density at radius 2 is 2.33 bits per heavy atom. The zero-order valence-corrected chi connectivity index (χ0v) is 14.4. The van der Waals surface area contributed by atoms with Gasteiger partial charge in [0.15, 0.2) is 0 Å². The van der Waals surface area contributed by atoms with Crippen molar-refractivity contribution >= 4 is 17.7 Å². The van der Waals surface area contributed by atoms with E-state index in [0.29, 0.717) is 6.10 Å². The Labute approximate surface area is 93.7 Å². The fourth-order valence-electron chi connectivity index (χ4n) is 1.54. The van der Waals surface area contributed by atoms with Crippen molar-refractivity contribution in [3.05, 3.63) is 29.8 Å². The van der Waals surface area contributed by atoms with Crippen LogP contribution in [0.4, 0.5) is 0 Å². The molecule has 2 rings (SSSR count). The molecule has 0 fully saturated rings. The van der Waals surface area contributed by atoms with Gasteiger partial charge in [0, 0.05) is 0 Å². The van der Waals surface area contributed by atoms with Gasteiger partial charge >= 0.3 is 94.7 Å². The quantitative estimate of drug-likeness (QED) is 0.487. The first-order valence-corrected chi connectivity index (χ1v) is 23.6. The minimum atomic E-state index is -0.523. The molecule has 0 saturated heterocycles. The van der Waals surface area contributed by atoms with E-state index in [4.69, 9.17) is 4.74 Å². The van der Waals surface area contributed by atoms with E-state index >= 15 is 0 Å². The summed E-state index contributed by atoms with van der Waals surface area (Å²) in [7, 11) is 0. The van der Waals surface area contributed by atoms with Crippen molar-refractivity contribution in [2.45, 2.75) is 16.5 Å². The molecule has 1 aromatic rings. The van der Waals surface area contributed by atoms with Gasteiger partial charge in [0.25, 0.3) is 0 Å². The van der Waals surface area contributed by atoms with Gasteiger partial charge in [-0.2, -0.15) is 0 Å². The van der Waals surface area contributed by atoms with Gasteiger partial charge in [0.2, 0.25) is 0 Å². The number of benzene rings is 1. The number of rotatable bonds is 2. The van der Waals surface area contributed by atoms with Crippen LogP contribution in [0.25, 0.3) is 0 Å². The molecular weight excluding hydrogens is 452 g/mol. The second-order valence-corrected chi connectivity index (χ2v) is 16.2. The van der Waals surface area contributed by atoms with E-state index in [9.17, 15) is 0 Å². The van der Waals surface area contributed by atoms with Gasteiger partial charge in [-0.1, -0.05) is 0 Å². The van der Waals surface area contributed by atoms with E-state index in [1.165, 1.54) is 9.49 Å². The number of halogens is 1. The van der Waals surface area contributed by atoms with Crippen LogP contribution in [-0.2, 0) is 26.7 Å². The number of hydrogen-bond donors (Lipinski definition) is 0. The molecule has 1 unspecified atom stereocenters. The molecule has 1 nitrogen and oxygen atoms in total. The maximum atomic E-state index is 5.80. The molecule has 0 N–H and O–H groups in total. The summed E-state index contributed by atoms with van der Waals surface area (Å²) in [6.07, 6.45) is 1.68. The van der Waals surface area contributed by atoms with Gasteiger partial charge in [-0.15, -0.1) is 0 Å². The molecule has 1 atom stereocenters. The molecule has 12 heavy (non-hydrogen) atoms. The molecule has 0 radical (unpaired) electrons. The topological polar surface area (TPSA) is 9.23 Å². The Kier molecular flexibility index (Phi) is 3.29. The van der Waals surface area contributed by atoms with E-state index < -0.39 is 20.2 Å². The molecule has 3 heteroatoms. The fourth-order valence-corrected chi connectivity index (χ4v) is 9.83. The molecule has 0 saturated carbocycles. The Morgan fingerprint density at radius 1 is 1.50 bits per heavy atom. The molecule has 0 aliphatic carbocycles. The molecule has 1 aliphatic heterocycles. The Hall–Kier alpha value is 0.685. The van der Waals surface area contributed by atoms with Gasteiger partial charge < -0.3 is 0 Å². The molecule has 0 aromatic heterocycles. The van der Waals surface area contributed by atoms with Crippen molar-refractivity contribution in [3.8, 4) is 5.75 Å². The Bertz CT molecular complexity index is 252. The summed E-state index contributed by atoms with van der Waals surface area (Å²) in [6.45, 7) is 0. The molecular formula is C9H9HgIO. The second-order valence-electron chi connectivity index (χ2n) is 3.03. The summed E-state index contributed by atoms with van der Waals surface area (Å²) < 4.78 is 7.18. The standard InChI is InChI=1S/C9H9O.Hg.HI/c1-7-6-8-4-2-3-5-9(8)10-7;;/h2-5,7H,1,6H2;;1H/q;+1;/p-1. The summed E-state index contributed by atoms with van der Waals surface area (Å²) in [4.78, 5) is 0. The number of fused-ring (bicyclic) bond motifs is 1. The Balaban J connectivity index is 2.11. The first-order chi connectivity index (χ1) is 5.90. The average molecular weight is 461 g/mol. The molecule has 0 amide bonds. The van der Waals surface area contributed by atoms with Crippen molar-refractivity contribution in [2.24, 2.45) is 0 Å². The van der Waals surface area contributed by atoms with E-state index in [0.717, 1.165) is 12.2 Å². The van der Waals surface area contributed by atoms with Gasteiger partial charge in [0.05, 0.1) is 0 Å². The van der Waals surface area contributed by atoms with Crippen molar-refractivity contribution in [1.82, 2.24) is 0 Å². The van der Waals surface area contributed by atoms with Crippen molar-refractivity contribution in [3.63, 3.8) is 0 Å². The third-order valence-electron chi connectivity index (χ3n) is 2.14. The third-order valence-corrected chi connectivity index (χ3v) is 11.0. The fraction of sp³-hybridized carbons (Fsp3) is 0.333. The number of hydrogen-bond acceptors (Lipinski definition) is 1. The van der Waals surface area contributed by atoms with E-state index in [1.54, 1.807) is 0 Å². The van der Waals surface area contributed by atoms with Crippen LogP contribution in [0.1, 0.15) is 5.56 Å². The summed E-state index contributed by atoms with van der Waals surface area (Å²) >= 11 is 2.10. The van der Waals surface area contributed by atoms with E-state index in [-0.39, 0.29) is 0 Å². The second kappa shape index (κ2) is 4.27. The Morgan fingerprint density at radius 3 is 3.08 bits per heavy atom. The average Bonchev–Trinajstić information content (AvgIpc) is 2.47. The normalized spacial score (nSPS) is 19.6. The zero-order valence-electron chi connectivity index (χ0n) is 6.79. The van der Waals surface area contributed by atoms with Crippen LogP contribution in [0, 0.1) is 0 Å². The predicted molar refractivity (Wildman–Crippen MR) is 53.4 cm³/mol. The zero-order chi connectivity index (χ0) is 8.39. The first kappa shape index (κ1) is 9.25. The molecule has 60 valence electrons. The summed E-state index contributed by atoms with van der Waals surface area (Å²) in [6, 6.07) is 8.41. The van der Waals surface area contributed by atoms with Gasteiger partial charge in [-0.05, 0) is 0 Å². The van der Waals surface area contributed by atoms with Crippen LogP contribution in [0.15, 0.2) is 24.3 Å². The van der Waals surface area contributed by atoms with Crippen molar-refractivity contribution in [1.29, 1.82) is 0 Å². The minimum absolute atomic E-state index is 0.523. The van der Waals surface area contributed by atoms with E-state index in [2.05, 4.69) is 41.9 Å². The van der Waals surface area contributed by atoms with Gasteiger partial charge in [-0.3, -0.25) is 0 Å². The molecule has 0 spiro atoms. The summed E-state index contributed by atoms with van der Waals surface area (Å²) in [5.74, 6) is 1.13. The van der Waals surface area contributed by atoms with Crippen LogP contribution in [0.3, 0.4) is 0 Å². The van der Waals surface area contributed by atoms with Crippen LogP contribution in [0.2, 0.25) is 3.93 Å². The van der Waals surface area contributed by atoms with Crippen LogP contribution in [0.5, 0.6) is 5.75 Å². The monoisotopic (exact) mass is 462 g/mol. The SMILES string of the molecule is [I][Hg][CH2]C1Cc2ccccc2O1. The molecule has 1 heterocycles. The van der Waals surface area contributed by atoms with Crippen LogP contribution >= 0.6 is 17.7 Å². The van der Waals surface area contributed by atoms with E-state index in [1.807, 2.05) is 0 Å². The number of ether oxygens (including phenoxy) is 1. The molecule has 1 aliphatic rings. The van der Waals surface area contributed by atoms with Gasteiger partial charge in [-0.25, -0.2) is 0 Å². The van der Waals surface area contributed by atoms with Crippen LogP contribution < -0.4 is 4.74 Å².